The van der Waals surface area contributed by atoms with Gasteiger partial charge in [-0.2, -0.15) is 0 Å². The summed E-state index contributed by atoms with van der Waals surface area (Å²) in [7, 11) is 0. The quantitative estimate of drug-likeness (QED) is 0.170. The minimum absolute atomic E-state index is 0.109. The average Bonchev–Trinajstić information content (AvgIpc) is 3.18. The van der Waals surface area contributed by atoms with Crippen molar-refractivity contribution in [3.05, 3.63) is 36.0 Å². The normalized spacial score (nSPS) is 14.4. The molecule has 1 aromatic carbocycles. The minimum atomic E-state index is -1.68. The third kappa shape index (κ3) is 7.02. The summed E-state index contributed by atoms with van der Waals surface area (Å²) in [5.74, 6) is -5.66. The lowest BCUT2D eigenvalue weighted by molar-refractivity contribution is -0.143. The van der Waals surface area contributed by atoms with Crippen molar-refractivity contribution >= 4 is 40.6 Å². The van der Waals surface area contributed by atoms with Crippen molar-refractivity contribution in [1.82, 2.24) is 20.9 Å². The number of carbonyl (C=O) groups excluding carboxylic acids is 3. The van der Waals surface area contributed by atoms with E-state index in [9.17, 15) is 34.2 Å². The molecule has 0 aliphatic carbocycles. The number of aromatic nitrogens is 1. The van der Waals surface area contributed by atoms with Gasteiger partial charge in [0.1, 0.15) is 18.1 Å². The van der Waals surface area contributed by atoms with E-state index >= 15 is 0 Å². The van der Waals surface area contributed by atoms with Crippen LogP contribution in [0.1, 0.15) is 18.9 Å². The summed E-state index contributed by atoms with van der Waals surface area (Å²) in [5.41, 5.74) is 6.57. The summed E-state index contributed by atoms with van der Waals surface area (Å²) in [6.07, 6.45) is -0.759. The van der Waals surface area contributed by atoms with Gasteiger partial charge in [-0.25, -0.2) is 4.79 Å². The Hall–Kier alpha value is -3.97. The number of fused-ring (bicyclic) bond motifs is 1. The Bertz CT molecular complexity index is 1070. The van der Waals surface area contributed by atoms with Crippen LogP contribution in [0.3, 0.4) is 0 Å². The standard InChI is InChI=1S/C21H27N5O8/c1-10(27)18(26-16(28)8-22)20(32)24-14(7-17(29)30)19(31)25-15(21(33)34)6-11-9-23-13-5-3-2-4-12(11)13/h2-5,9-10,14-15,18,23,27H,6-8,22H2,1H3,(H,24,32)(H,25,31)(H,26,28)(H,29,30)(H,33,34). The molecule has 0 bridgehead atoms. The highest BCUT2D eigenvalue weighted by Gasteiger charge is 2.32. The zero-order chi connectivity index (χ0) is 25.4. The van der Waals surface area contributed by atoms with Crippen LogP contribution in [0.2, 0.25) is 0 Å². The third-order valence-corrected chi connectivity index (χ3v) is 4.99. The van der Waals surface area contributed by atoms with Gasteiger partial charge in [-0.05, 0) is 18.6 Å². The van der Waals surface area contributed by atoms with E-state index < -0.39 is 66.9 Å². The molecule has 4 unspecified atom stereocenters. The predicted octanol–water partition coefficient (Wildman–Crippen LogP) is -1.94. The number of H-pyrrole nitrogens is 1. The molecule has 9 N–H and O–H groups in total. The largest absolute Gasteiger partial charge is 0.481 e. The van der Waals surface area contributed by atoms with Gasteiger partial charge >= 0.3 is 11.9 Å². The van der Waals surface area contributed by atoms with E-state index in [-0.39, 0.29) is 6.42 Å². The summed E-state index contributed by atoms with van der Waals surface area (Å²) in [4.78, 5) is 62.9. The Morgan fingerprint density at radius 1 is 1.00 bits per heavy atom. The number of nitrogens with two attached hydrogens (primary N) is 1. The highest BCUT2D eigenvalue weighted by Crippen LogP contribution is 2.19. The second-order valence-electron chi connectivity index (χ2n) is 7.61. The molecular formula is C21H27N5O8. The van der Waals surface area contributed by atoms with Gasteiger partial charge in [0.2, 0.25) is 17.7 Å². The first-order valence-electron chi connectivity index (χ1n) is 10.3. The number of benzene rings is 1. The molecule has 0 radical (unpaired) electrons. The van der Waals surface area contributed by atoms with Gasteiger partial charge in [0.25, 0.3) is 0 Å². The molecule has 2 rings (SSSR count). The van der Waals surface area contributed by atoms with Gasteiger partial charge in [-0.15, -0.1) is 0 Å². The molecule has 4 atom stereocenters. The van der Waals surface area contributed by atoms with Crippen molar-refractivity contribution in [3.63, 3.8) is 0 Å². The average molecular weight is 477 g/mol. The van der Waals surface area contributed by atoms with Gasteiger partial charge in [0.15, 0.2) is 0 Å². The van der Waals surface area contributed by atoms with E-state index in [1.807, 2.05) is 0 Å². The maximum absolute atomic E-state index is 12.8. The Labute approximate surface area is 193 Å². The van der Waals surface area contributed by atoms with E-state index in [1.165, 1.54) is 6.92 Å². The van der Waals surface area contributed by atoms with Crippen molar-refractivity contribution in [3.8, 4) is 0 Å². The van der Waals surface area contributed by atoms with Crippen LogP contribution in [0.5, 0.6) is 0 Å². The van der Waals surface area contributed by atoms with Crippen molar-refractivity contribution < 1.29 is 39.3 Å². The van der Waals surface area contributed by atoms with Gasteiger partial charge in [-0.3, -0.25) is 19.2 Å². The Morgan fingerprint density at radius 3 is 2.24 bits per heavy atom. The van der Waals surface area contributed by atoms with Crippen LogP contribution in [0.4, 0.5) is 0 Å². The van der Waals surface area contributed by atoms with Crippen LogP contribution >= 0.6 is 0 Å². The van der Waals surface area contributed by atoms with Crippen molar-refractivity contribution in [1.29, 1.82) is 0 Å². The lowest BCUT2D eigenvalue weighted by Crippen LogP contribution is -2.59. The van der Waals surface area contributed by atoms with Gasteiger partial charge < -0.3 is 42.0 Å². The van der Waals surface area contributed by atoms with Crippen LogP contribution in [0, 0.1) is 0 Å². The van der Waals surface area contributed by atoms with Crippen LogP contribution in [0.25, 0.3) is 10.9 Å². The first-order chi connectivity index (χ1) is 16.0. The monoisotopic (exact) mass is 477 g/mol. The first-order valence-corrected chi connectivity index (χ1v) is 10.3. The summed E-state index contributed by atoms with van der Waals surface area (Å²) in [6.45, 7) is 0.735. The number of nitrogens with one attached hydrogen (secondary N) is 4. The number of aliphatic hydroxyl groups excluding tert-OH is 1. The Balaban J connectivity index is 2.18. The molecule has 184 valence electrons. The second kappa shape index (κ2) is 11.8. The van der Waals surface area contributed by atoms with E-state index in [0.717, 1.165) is 10.9 Å². The second-order valence-corrected chi connectivity index (χ2v) is 7.61. The number of hydrogen-bond acceptors (Lipinski definition) is 7. The number of aliphatic hydroxyl groups is 1. The zero-order valence-corrected chi connectivity index (χ0v) is 18.3. The molecule has 0 saturated carbocycles. The minimum Gasteiger partial charge on any atom is -0.481 e. The molecule has 1 heterocycles. The Kier molecular flexibility index (Phi) is 9.10. The van der Waals surface area contributed by atoms with E-state index in [4.69, 9.17) is 10.8 Å². The number of hydrogen-bond donors (Lipinski definition) is 8. The number of carboxylic acids is 2. The number of carboxylic acid groups (broad SMARTS) is 2. The molecule has 0 saturated heterocycles. The molecule has 0 aliphatic rings. The first kappa shape index (κ1) is 26.3. The summed E-state index contributed by atoms with van der Waals surface area (Å²) in [6, 6.07) is 2.54. The van der Waals surface area contributed by atoms with E-state index in [1.54, 1.807) is 30.5 Å². The topological polar surface area (TPSA) is 224 Å². The van der Waals surface area contributed by atoms with E-state index in [2.05, 4.69) is 20.9 Å². The highest BCUT2D eigenvalue weighted by molar-refractivity contribution is 5.95. The highest BCUT2D eigenvalue weighted by atomic mass is 16.4. The molecule has 3 amide bonds. The number of aliphatic carboxylic acids is 2. The molecule has 13 nitrogen and oxygen atoms in total. The SMILES string of the molecule is CC(O)C(NC(=O)CN)C(=O)NC(CC(=O)O)C(=O)NC(Cc1c[nH]c2ccccc12)C(=O)O. The lowest BCUT2D eigenvalue weighted by atomic mass is 10.0. The summed E-state index contributed by atoms with van der Waals surface area (Å²) >= 11 is 0. The van der Waals surface area contributed by atoms with Crippen LogP contribution in [-0.4, -0.2) is 80.7 Å². The molecule has 1 aromatic heterocycles. The number of amides is 3. The number of carbonyl (C=O) groups is 5. The van der Waals surface area contributed by atoms with Gasteiger partial charge in [0.05, 0.1) is 19.1 Å². The van der Waals surface area contributed by atoms with Crippen molar-refractivity contribution in [2.24, 2.45) is 5.73 Å². The molecule has 34 heavy (non-hydrogen) atoms. The lowest BCUT2D eigenvalue weighted by Gasteiger charge is -2.25. The smallest absolute Gasteiger partial charge is 0.326 e. The van der Waals surface area contributed by atoms with E-state index in [0.29, 0.717) is 5.56 Å². The Morgan fingerprint density at radius 2 is 1.65 bits per heavy atom. The van der Waals surface area contributed by atoms with Crippen LogP contribution < -0.4 is 21.7 Å². The molecule has 0 aliphatic heterocycles. The summed E-state index contributed by atoms with van der Waals surface area (Å²) < 4.78 is 0. The molecule has 0 spiro atoms. The fraction of sp³-hybridized carbons (Fsp3) is 0.381. The third-order valence-electron chi connectivity index (χ3n) is 4.99. The predicted molar refractivity (Wildman–Crippen MR) is 118 cm³/mol. The maximum Gasteiger partial charge on any atom is 0.326 e. The van der Waals surface area contributed by atoms with Crippen LogP contribution in [-0.2, 0) is 30.4 Å². The number of rotatable bonds is 12. The van der Waals surface area contributed by atoms with Crippen molar-refractivity contribution in [2.75, 3.05) is 6.54 Å². The molecule has 0 fully saturated rings. The molecular weight excluding hydrogens is 450 g/mol. The van der Waals surface area contributed by atoms with Crippen LogP contribution in [0.15, 0.2) is 30.5 Å². The summed E-state index contributed by atoms with van der Waals surface area (Å²) in [5, 5.41) is 35.9. The van der Waals surface area contributed by atoms with Crippen molar-refractivity contribution in [2.45, 2.75) is 44.0 Å². The molecule has 13 heteroatoms. The van der Waals surface area contributed by atoms with Gasteiger partial charge in [0, 0.05) is 23.5 Å². The fourth-order valence-corrected chi connectivity index (χ4v) is 3.28. The fourth-order valence-electron chi connectivity index (χ4n) is 3.28. The zero-order valence-electron chi connectivity index (χ0n) is 18.3. The van der Waals surface area contributed by atoms with Gasteiger partial charge in [-0.1, -0.05) is 18.2 Å². The number of aromatic amines is 1. The molecule has 2 aromatic rings. The maximum atomic E-state index is 12.8. The number of para-hydroxylation sites is 1.